The zero-order valence-corrected chi connectivity index (χ0v) is 19.8. The quantitative estimate of drug-likeness (QED) is 0.492. The number of thiophene rings is 1. The maximum atomic E-state index is 12.8. The van der Waals surface area contributed by atoms with E-state index in [1.807, 2.05) is 24.3 Å². The van der Waals surface area contributed by atoms with Crippen LogP contribution < -0.4 is 5.32 Å². The number of ether oxygens (including phenoxy) is 2. The Hall–Kier alpha value is -2.50. The van der Waals surface area contributed by atoms with Crippen LogP contribution in [0.3, 0.4) is 0 Å². The highest BCUT2D eigenvalue weighted by Gasteiger charge is 2.26. The van der Waals surface area contributed by atoms with Crippen LogP contribution in [0.5, 0.6) is 0 Å². The third kappa shape index (κ3) is 5.36. The van der Waals surface area contributed by atoms with Gasteiger partial charge < -0.3 is 14.8 Å². The van der Waals surface area contributed by atoms with Crippen LogP contribution in [0.25, 0.3) is 10.1 Å². The van der Waals surface area contributed by atoms with Crippen molar-refractivity contribution in [2.24, 2.45) is 0 Å². The van der Waals surface area contributed by atoms with Gasteiger partial charge in [-0.2, -0.15) is 4.31 Å². The van der Waals surface area contributed by atoms with Gasteiger partial charge in [0.05, 0.1) is 23.1 Å². The van der Waals surface area contributed by atoms with Crippen LogP contribution in [0.4, 0.5) is 0 Å². The Bertz CT molecular complexity index is 1290. The average molecular weight is 509 g/mol. The van der Waals surface area contributed by atoms with Crippen LogP contribution in [-0.2, 0) is 30.9 Å². The topological polar surface area (TPSA) is 102 Å². The lowest BCUT2D eigenvalue weighted by atomic mass is 10.2. The number of esters is 1. The lowest BCUT2D eigenvalue weighted by Crippen LogP contribution is -2.40. The number of fused-ring (bicyclic) bond motifs is 1. The number of morpholine rings is 1. The predicted molar refractivity (Wildman–Crippen MR) is 125 cm³/mol. The van der Waals surface area contributed by atoms with Crippen molar-refractivity contribution in [2.45, 2.75) is 11.5 Å². The fourth-order valence-electron chi connectivity index (χ4n) is 3.34. The summed E-state index contributed by atoms with van der Waals surface area (Å²) in [4.78, 5) is 25.0. The predicted octanol–water partition coefficient (Wildman–Crippen LogP) is 3.05. The van der Waals surface area contributed by atoms with Crippen LogP contribution in [-0.4, -0.2) is 57.4 Å². The molecular weight excluding hydrogens is 488 g/mol. The second-order valence-electron chi connectivity index (χ2n) is 7.25. The van der Waals surface area contributed by atoms with Gasteiger partial charge >= 0.3 is 5.97 Å². The second kappa shape index (κ2) is 10.2. The van der Waals surface area contributed by atoms with E-state index in [1.165, 1.54) is 27.8 Å². The summed E-state index contributed by atoms with van der Waals surface area (Å²) < 4.78 is 38.2. The van der Waals surface area contributed by atoms with Gasteiger partial charge in [-0.3, -0.25) is 9.59 Å². The van der Waals surface area contributed by atoms with E-state index in [2.05, 4.69) is 5.32 Å². The van der Waals surface area contributed by atoms with Gasteiger partial charge in [0.2, 0.25) is 10.0 Å². The summed E-state index contributed by atoms with van der Waals surface area (Å²) in [6.07, 6.45) is 0. The number of hydrogen-bond donors (Lipinski definition) is 1. The molecule has 3 aromatic rings. The van der Waals surface area contributed by atoms with E-state index in [9.17, 15) is 18.0 Å². The molecule has 1 aliphatic heterocycles. The molecule has 174 valence electrons. The maximum Gasteiger partial charge on any atom is 0.325 e. The number of halogens is 1. The molecule has 2 heterocycles. The Morgan fingerprint density at radius 1 is 1.12 bits per heavy atom. The Labute approximate surface area is 200 Å². The molecule has 1 saturated heterocycles. The molecule has 8 nitrogen and oxygen atoms in total. The molecule has 1 fully saturated rings. The maximum absolute atomic E-state index is 12.8. The fourth-order valence-corrected chi connectivity index (χ4v) is 6.25. The Balaban J connectivity index is 1.33. The van der Waals surface area contributed by atoms with Gasteiger partial charge in [0.15, 0.2) is 0 Å². The molecule has 1 amide bonds. The number of sulfonamides is 1. The number of amides is 1. The molecule has 0 spiro atoms. The first-order valence-corrected chi connectivity index (χ1v) is 12.8. The number of rotatable bonds is 7. The van der Waals surface area contributed by atoms with Gasteiger partial charge in [-0.25, -0.2) is 8.42 Å². The zero-order valence-electron chi connectivity index (χ0n) is 17.5. The molecule has 0 aliphatic carbocycles. The van der Waals surface area contributed by atoms with Gasteiger partial charge in [0.25, 0.3) is 5.91 Å². The minimum Gasteiger partial charge on any atom is -0.460 e. The van der Waals surface area contributed by atoms with Crippen LogP contribution in [0.1, 0.15) is 15.2 Å². The minimum absolute atomic E-state index is 0.120. The molecule has 0 unspecified atom stereocenters. The minimum atomic E-state index is -3.65. The molecule has 0 bridgehead atoms. The normalized spacial score (nSPS) is 14.8. The van der Waals surface area contributed by atoms with Crippen LogP contribution in [0, 0.1) is 0 Å². The van der Waals surface area contributed by atoms with Gasteiger partial charge in [0, 0.05) is 23.2 Å². The van der Waals surface area contributed by atoms with Crippen molar-refractivity contribution < 1.29 is 27.5 Å². The van der Waals surface area contributed by atoms with E-state index in [0.29, 0.717) is 41.8 Å². The molecule has 4 rings (SSSR count). The zero-order chi connectivity index (χ0) is 23.4. The molecular formula is C22H21ClN2O6S2. The fraction of sp³-hybridized carbons (Fsp3) is 0.273. The van der Waals surface area contributed by atoms with Gasteiger partial charge in [-0.1, -0.05) is 41.9 Å². The van der Waals surface area contributed by atoms with E-state index >= 15 is 0 Å². The summed E-state index contributed by atoms with van der Waals surface area (Å²) >= 11 is 7.53. The van der Waals surface area contributed by atoms with Crippen molar-refractivity contribution in [3.05, 3.63) is 64.0 Å². The molecule has 0 radical (unpaired) electrons. The SMILES string of the molecule is O=C(CNC(=O)c1sc2ccccc2c1Cl)OCc1cccc(S(=O)(=O)N2CCOCC2)c1. The summed E-state index contributed by atoms with van der Waals surface area (Å²) in [7, 11) is -3.65. The molecule has 1 N–H and O–H groups in total. The largest absolute Gasteiger partial charge is 0.460 e. The molecule has 1 aromatic heterocycles. The van der Waals surface area contributed by atoms with Crippen LogP contribution in [0.15, 0.2) is 53.4 Å². The molecule has 0 saturated carbocycles. The Morgan fingerprint density at radius 3 is 2.64 bits per heavy atom. The van der Waals surface area contributed by atoms with Crippen molar-refractivity contribution in [2.75, 3.05) is 32.8 Å². The van der Waals surface area contributed by atoms with Crippen LogP contribution in [0.2, 0.25) is 5.02 Å². The first-order chi connectivity index (χ1) is 15.9. The highest BCUT2D eigenvalue weighted by Crippen LogP contribution is 2.34. The first kappa shape index (κ1) is 23.7. The first-order valence-electron chi connectivity index (χ1n) is 10.1. The number of benzene rings is 2. The summed E-state index contributed by atoms with van der Waals surface area (Å²) in [5, 5.41) is 3.64. The number of nitrogens with zero attached hydrogens (tertiary/aromatic N) is 1. The lowest BCUT2D eigenvalue weighted by molar-refractivity contribution is -0.143. The number of hydrogen-bond acceptors (Lipinski definition) is 7. The van der Waals surface area contributed by atoms with Gasteiger partial charge in [-0.15, -0.1) is 11.3 Å². The summed E-state index contributed by atoms with van der Waals surface area (Å²) in [5.74, 6) is -1.11. The molecule has 0 atom stereocenters. The van der Waals surface area contributed by atoms with E-state index in [4.69, 9.17) is 21.1 Å². The molecule has 11 heteroatoms. The van der Waals surface area contributed by atoms with Crippen molar-refractivity contribution in [1.29, 1.82) is 0 Å². The van der Waals surface area contributed by atoms with E-state index in [-0.39, 0.29) is 18.0 Å². The summed E-state index contributed by atoms with van der Waals surface area (Å²) in [6.45, 7) is 0.847. The van der Waals surface area contributed by atoms with E-state index in [1.54, 1.807) is 12.1 Å². The summed E-state index contributed by atoms with van der Waals surface area (Å²) in [6, 6.07) is 13.6. The number of carbonyl (C=O) groups excluding carboxylic acids is 2. The lowest BCUT2D eigenvalue weighted by Gasteiger charge is -2.26. The summed E-state index contributed by atoms with van der Waals surface area (Å²) in [5.41, 5.74) is 0.525. The van der Waals surface area contributed by atoms with E-state index in [0.717, 1.165) is 10.1 Å². The molecule has 2 aromatic carbocycles. The number of carbonyl (C=O) groups is 2. The van der Waals surface area contributed by atoms with Crippen molar-refractivity contribution in [3.8, 4) is 0 Å². The third-order valence-electron chi connectivity index (χ3n) is 5.04. The third-order valence-corrected chi connectivity index (χ3v) is 8.61. The molecule has 33 heavy (non-hydrogen) atoms. The highest BCUT2D eigenvalue weighted by molar-refractivity contribution is 7.89. The van der Waals surface area contributed by atoms with Gasteiger partial charge in [-0.05, 0) is 23.8 Å². The molecule has 1 aliphatic rings. The smallest absolute Gasteiger partial charge is 0.325 e. The monoisotopic (exact) mass is 508 g/mol. The number of nitrogens with one attached hydrogen (secondary N) is 1. The standard InChI is InChI=1S/C22H21ClN2O6S2/c23-20-17-6-1-2-7-18(17)32-21(20)22(27)24-13-19(26)31-14-15-4-3-5-16(12-15)33(28,29)25-8-10-30-11-9-25/h1-7,12H,8-11,13-14H2,(H,24,27). The van der Waals surface area contributed by atoms with Crippen molar-refractivity contribution in [3.63, 3.8) is 0 Å². The van der Waals surface area contributed by atoms with Crippen LogP contribution >= 0.6 is 22.9 Å². The average Bonchev–Trinajstić information content (AvgIpc) is 3.18. The highest BCUT2D eigenvalue weighted by atomic mass is 35.5. The van der Waals surface area contributed by atoms with Gasteiger partial charge in [0.1, 0.15) is 18.0 Å². The van der Waals surface area contributed by atoms with Crippen molar-refractivity contribution in [1.82, 2.24) is 9.62 Å². The van der Waals surface area contributed by atoms with E-state index < -0.39 is 21.9 Å². The Kier molecular flexibility index (Phi) is 7.30. The Morgan fingerprint density at radius 2 is 1.88 bits per heavy atom. The second-order valence-corrected chi connectivity index (χ2v) is 10.6. The van der Waals surface area contributed by atoms with Crippen molar-refractivity contribution >= 4 is 54.9 Å².